The highest BCUT2D eigenvalue weighted by atomic mass is 16.5. The first-order valence-corrected chi connectivity index (χ1v) is 13.4. The van der Waals surface area contributed by atoms with Crippen molar-refractivity contribution in [1.82, 2.24) is 0 Å². The van der Waals surface area contributed by atoms with Crippen molar-refractivity contribution in [3.05, 3.63) is 48.0 Å². The highest BCUT2D eigenvalue weighted by Crippen LogP contribution is 2.30. The number of carboxylic acid groups (broad SMARTS) is 2. The van der Waals surface area contributed by atoms with E-state index in [1.165, 1.54) is 25.0 Å². The fourth-order valence-corrected chi connectivity index (χ4v) is 4.83. The van der Waals surface area contributed by atoms with Crippen molar-refractivity contribution in [3.63, 3.8) is 0 Å². The van der Waals surface area contributed by atoms with Gasteiger partial charge in [-0.05, 0) is 69.8 Å². The molecule has 3 rings (SSSR count). The molecule has 2 aliphatic carbocycles. The zero-order chi connectivity index (χ0) is 27.1. The van der Waals surface area contributed by atoms with Gasteiger partial charge in [-0.15, -0.1) is 0 Å². The molecule has 2 aliphatic rings. The van der Waals surface area contributed by atoms with Gasteiger partial charge < -0.3 is 19.7 Å². The van der Waals surface area contributed by atoms with Crippen LogP contribution in [0.15, 0.2) is 42.5 Å². The fourth-order valence-electron chi connectivity index (χ4n) is 4.83. The second kappa shape index (κ2) is 15.8. The van der Waals surface area contributed by atoms with Gasteiger partial charge in [0.05, 0.1) is 0 Å². The Morgan fingerprint density at radius 1 is 0.784 bits per heavy atom. The Bertz CT molecular complexity index is 848. The van der Waals surface area contributed by atoms with Gasteiger partial charge in [-0.25, -0.2) is 9.59 Å². The third-order valence-corrected chi connectivity index (χ3v) is 6.87. The number of carbonyl (C=O) groups excluding carboxylic acids is 2. The molecular formula is C29H40O8. The monoisotopic (exact) mass is 516 g/mol. The van der Waals surface area contributed by atoms with Gasteiger partial charge in [-0.3, -0.25) is 9.59 Å². The molecule has 0 aliphatic heterocycles. The highest BCUT2D eigenvalue weighted by molar-refractivity contribution is 5.98. The Balaban J connectivity index is 0.000000264. The molecule has 2 fully saturated rings. The van der Waals surface area contributed by atoms with E-state index in [-0.39, 0.29) is 25.0 Å². The molecule has 0 bridgehead atoms. The van der Waals surface area contributed by atoms with Crippen molar-refractivity contribution in [2.75, 3.05) is 0 Å². The Morgan fingerprint density at radius 3 is 1.59 bits per heavy atom. The first kappa shape index (κ1) is 30.1. The summed E-state index contributed by atoms with van der Waals surface area (Å²) < 4.78 is 10.6. The summed E-state index contributed by atoms with van der Waals surface area (Å²) in [5.74, 6) is -3.40. The zero-order valence-corrected chi connectivity index (χ0v) is 21.7. The predicted molar refractivity (Wildman–Crippen MR) is 138 cm³/mol. The number of hydrogen-bond acceptors (Lipinski definition) is 6. The Kier molecular flexibility index (Phi) is 12.9. The van der Waals surface area contributed by atoms with Crippen molar-refractivity contribution in [2.24, 2.45) is 5.41 Å². The molecule has 0 radical (unpaired) electrons. The van der Waals surface area contributed by atoms with Gasteiger partial charge in [-0.2, -0.15) is 0 Å². The average Bonchev–Trinajstić information content (AvgIpc) is 2.89. The number of rotatable bonds is 10. The summed E-state index contributed by atoms with van der Waals surface area (Å²) in [6.07, 6.45) is 13.8. The lowest BCUT2D eigenvalue weighted by atomic mass is 9.78. The standard InChI is InChI=1S/C16H24O4.C13H16O4/c17-15(19-13-7-3-1-4-8-13)11-12-16(18)20-14-9-5-2-6-10-14;1-2-8-13(11(14)15,12(16)17)9-10-6-4-3-5-7-10/h11-14H,1-10H2;3-7H,2,8-9H2,1H3,(H,14,15)(H,16,17)/b12-11-;. The minimum Gasteiger partial charge on any atom is -0.480 e. The van der Waals surface area contributed by atoms with Gasteiger partial charge in [0, 0.05) is 12.2 Å². The number of esters is 2. The summed E-state index contributed by atoms with van der Waals surface area (Å²) in [6.45, 7) is 1.78. The number of benzene rings is 1. The molecule has 0 spiro atoms. The van der Waals surface area contributed by atoms with Crippen LogP contribution in [0.4, 0.5) is 0 Å². The molecule has 0 unspecified atom stereocenters. The van der Waals surface area contributed by atoms with E-state index in [4.69, 9.17) is 9.47 Å². The van der Waals surface area contributed by atoms with Crippen molar-refractivity contribution in [1.29, 1.82) is 0 Å². The lowest BCUT2D eigenvalue weighted by molar-refractivity contribution is -0.165. The maximum absolute atomic E-state index is 11.6. The van der Waals surface area contributed by atoms with E-state index in [0.29, 0.717) is 6.42 Å². The third kappa shape index (κ3) is 10.4. The van der Waals surface area contributed by atoms with Gasteiger partial charge in [0.2, 0.25) is 0 Å². The van der Waals surface area contributed by atoms with Gasteiger partial charge in [0.25, 0.3) is 0 Å². The molecule has 0 heterocycles. The molecule has 0 aromatic heterocycles. The third-order valence-electron chi connectivity index (χ3n) is 6.87. The van der Waals surface area contributed by atoms with Gasteiger partial charge >= 0.3 is 23.9 Å². The highest BCUT2D eigenvalue weighted by Gasteiger charge is 2.45. The average molecular weight is 517 g/mol. The molecule has 0 saturated heterocycles. The minimum absolute atomic E-state index is 0.0202. The Morgan fingerprint density at radius 2 is 1.22 bits per heavy atom. The molecule has 1 aromatic carbocycles. The second-order valence-electron chi connectivity index (χ2n) is 9.83. The quantitative estimate of drug-likeness (QED) is 0.238. The van der Waals surface area contributed by atoms with E-state index in [1.54, 1.807) is 31.2 Å². The molecule has 2 saturated carbocycles. The Labute approximate surface area is 219 Å². The van der Waals surface area contributed by atoms with Crippen LogP contribution in [0.1, 0.15) is 89.5 Å². The van der Waals surface area contributed by atoms with Crippen LogP contribution in [0, 0.1) is 5.41 Å². The van der Waals surface area contributed by atoms with Crippen LogP contribution in [0.25, 0.3) is 0 Å². The van der Waals surface area contributed by atoms with E-state index in [9.17, 15) is 29.4 Å². The number of aliphatic carboxylic acids is 2. The van der Waals surface area contributed by atoms with Gasteiger partial charge in [0.1, 0.15) is 12.2 Å². The molecule has 37 heavy (non-hydrogen) atoms. The van der Waals surface area contributed by atoms with Gasteiger partial charge in [0.15, 0.2) is 5.41 Å². The van der Waals surface area contributed by atoms with Crippen molar-refractivity contribution >= 4 is 23.9 Å². The van der Waals surface area contributed by atoms with Crippen LogP contribution in [-0.4, -0.2) is 46.3 Å². The van der Waals surface area contributed by atoms with Crippen molar-refractivity contribution < 1.29 is 38.9 Å². The van der Waals surface area contributed by atoms with Crippen LogP contribution in [0.2, 0.25) is 0 Å². The largest absolute Gasteiger partial charge is 0.480 e. The van der Waals surface area contributed by atoms with Crippen LogP contribution in [0.5, 0.6) is 0 Å². The smallest absolute Gasteiger partial charge is 0.331 e. The summed E-state index contributed by atoms with van der Waals surface area (Å²) in [7, 11) is 0. The first-order chi connectivity index (χ1) is 17.8. The summed E-state index contributed by atoms with van der Waals surface area (Å²) in [5.41, 5.74) is -0.985. The van der Waals surface area contributed by atoms with Crippen LogP contribution in [0.3, 0.4) is 0 Å². The number of carboxylic acids is 2. The van der Waals surface area contributed by atoms with E-state index in [1.807, 2.05) is 6.07 Å². The first-order valence-electron chi connectivity index (χ1n) is 13.4. The molecule has 8 heteroatoms. The zero-order valence-electron chi connectivity index (χ0n) is 21.7. The summed E-state index contributed by atoms with van der Waals surface area (Å²) >= 11 is 0. The van der Waals surface area contributed by atoms with E-state index >= 15 is 0 Å². The lowest BCUT2D eigenvalue weighted by Gasteiger charge is -2.24. The van der Waals surface area contributed by atoms with E-state index < -0.39 is 29.3 Å². The molecular weight excluding hydrogens is 476 g/mol. The van der Waals surface area contributed by atoms with Crippen molar-refractivity contribution in [2.45, 2.75) is 103 Å². The minimum atomic E-state index is -1.71. The van der Waals surface area contributed by atoms with Crippen molar-refractivity contribution in [3.8, 4) is 0 Å². The van der Waals surface area contributed by atoms with E-state index in [2.05, 4.69) is 0 Å². The number of ether oxygens (including phenoxy) is 2. The SMILES string of the molecule is CCCC(Cc1ccccc1)(C(=O)O)C(=O)O.O=C(/C=C\C(=O)OC1CCCCC1)OC1CCCCC1. The number of carbonyl (C=O) groups is 4. The fraction of sp³-hybridized carbons (Fsp3) is 0.586. The van der Waals surface area contributed by atoms with Gasteiger partial charge in [-0.1, -0.05) is 56.5 Å². The summed E-state index contributed by atoms with van der Waals surface area (Å²) in [5, 5.41) is 18.4. The lowest BCUT2D eigenvalue weighted by Crippen LogP contribution is -2.41. The maximum atomic E-state index is 11.6. The molecule has 0 amide bonds. The number of hydrogen-bond donors (Lipinski definition) is 2. The van der Waals surface area contributed by atoms with Crippen LogP contribution < -0.4 is 0 Å². The molecule has 204 valence electrons. The van der Waals surface area contributed by atoms with E-state index in [0.717, 1.165) is 56.9 Å². The normalized spacial score (nSPS) is 16.9. The molecule has 0 atom stereocenters. The molecule has 8 nitrogen and oxygen atoms in total. The van der Waals surface area contributed by atoms with Crippen LogP contribution in [-0.2, 0) is 35.1 Å². The summed E-state index contributed by atoms with van der Waals surface area (Å²) in [4.78, 5) is 45.7. The predicted octanol–water partition coefficient (Wildman–Crippen LogP) is 5.48. The summed E-state index contributed by atoms with van der Waals surface area (Å²) in [6, 6.07) is 8.85. The maximum Gasteiger partial charge on any atom is 0.331 e. The molecule has 1 aromatic rings. The topological polar surface area (TPSA) is 127 Å². The Hall–Kier alpha value is -3.16. The second-order valence-corrected chi connectivity index (χ2v) is 9.83. The van der Waals surface area contributed by atoms with Crippen LogP contribution >= 0.6 is 0 Å². The molecule has 2 N–H and O–H groups in total.